The van der Waals surface area contributed by atoms with Crippen LogP contribution in [0.5, 0.6) is 5.75 Å². The van der Waals surface area contributed by atoms with Gasteiger partial charge in [0.25, 0.3) is 5.91 Å². The van der Waals surface area contributed by atoms with Gasteiger partial charge in [0.05, 0.1) is 43.1 Å². The largest absolute Gasteiger partial charge is 0.497 e. The third-order valence-electron chi connectivity index (χ3n) is 4.42. The summed E-state index contributed by atoms with van der Waals surface area (Å²) in [6.45, 7) is 0.842. The van der Waals surface area contributed by atoms with Gasteiger partial charge in [-0.05, 0) is 29.8 Å². The lowest BCUT2D eigenvalue weighted by atomic mass is 10.1. The van der Waals surface area contributed by atoms with Gasteiger partial charge in [0, 0.05) is 6.54 Å². The Morgan fingerprint density at radius 1 is 1.15 bits per heavy atom. The molecule has 0 unspecified atom stereocenters. The van der Waals surface area contributed by atoms with E-state index in [1.54, 1.807) is 18.2 Å². The topological polar surface area (TPSA) is 70.8 Å². The molecule has 2 aromatic carbocycles. The fourth-order valence-corrected chi connectivity index (χ4v) is 3.11. The Hall–Kier alpha value is -3.48. The number of carbonyl (C=O) groups excluding carboxylic acids is 1. The highest BCUT2D eigenvalue weighted by molar-refractivity contribution is 6.02. The predicted octanol–water partition coefficient (Wildman–Crippen LogP) is 2.88. The zero-order chi connectivity index (χ0) is 18.1. The van der Waals surface area contributed by atoms with Gasteiger partial charge in [-0.3, -0.25) is 4.79 Å². The number of nitrogens with zero attached hydrogens (tertiary/aromatic N) is 4. The molecule has 7 heteroatoms. The van der Waals surface area contributed by atoms with Crippen LogP contribution in [-0.4, -0.2) is 39.7 Å². The van der Waals surface area contributed by atoms with Crippen LogP contribution in [0, 0.1) is 0 Å². The molecule has 0 spiro atoms. The first-order valence-electron chi connectivity index (χ1n) is 8.18. The molecule has 0 fully saturated rings. The molecule has 0 bridgehead atoms. The molecule has 1 amide bonds. The van der Waals surface area contributed by atoms with Crippen LogP contribution in [0.2, 0.25) is 0 Å². The Balaban J connectivity index is 1.67. The molecule has 1 N–H and O–H groups in total. The number of amides is 1. The zero-order valence-corrected chi connectivity index (χ0v) is 14.2. The van der Waals surface area contributed by atoms with E-state index in [1.165, 1.54) is 6.20 Å². The number of fused-ring (bicyclic) bond motifs is 1. The number of hydrogen-bond donors (Lipinski definition) is 1. The van der Waals surface area contributed by atoms with E-state index in [2.05, 4.69) is 5.10 Å². The van der Waals surface area contributed by atoms with Crippen molar-refractivity contribution in [3.8, 4) is 5.75 Å². The first-order valence-corrected chi connectivity index (χ1v) is 8.18. The van der Waals surface area contributed by atoms with Crippen LogP contribution in [-0.2, 0) is 6.54 Å². The van der Waals surface area contributed by atoms with E-state index >= 15 is 0 Å². The Bertz CT molecular complexity index is 936. The molecule has 0 saturated carbocycles. The molecule has 0 radical (unpaired) electrons. The van der Waals surface area contributed by atoms with Crippen molar-refractivity contribution >= 4 is 17.3 Å². The van der Waals surface area contributed by atoms with Crippen molar-refractivity contribution in [2.24, 2.45) is 0 Å². The van der Waals surface area contributed by atoms with Crippen LogP contribution < -0.4 is 9.64 Å². The standard InChI is InChI=1S/C19H18N4O3/c1-26-16-8-6-14(7-9-16)11-21-13-22(15-10-20-23(25)12-15)18-5-3-2-4-17(18)19(21)24/h2-10,12,25H,11,13H2,1H3. The second kappa shape index (κ2) is 6.44. The van der Waals surface area contributed by atoms with Crippen LogP contribution in [0.1, 0.15) is 15.9 Å². The van der Waals surface area contributed by atoms with Crippen LogP contribution in [0.25, 0.3) is 0 Å². The number of aromatic nitrogens is 2. The van der Waals surface area contributed by atoms with E-state index in [9.17, 15) is 10.0 Å². The molecule has 1 aromatic heterocycles. The van der Waals surface area contributed by atoms with E-state index in [4.69, 9.17) is 4.74 Å². The van der Waals surface area contributed by atoms with Crippen LogP contribution in [0.3, 0.4) is 0 Å². The molecule has 4 rings (SSSR count). The fraction of sp³-hybridized carbons (Fsp3) is 0.158. The molecule has 26 heavy (non-hydrogen) atoms. The maximum Gasteiger partial charge on any atom is 0.257 e. The van der Waals surface area contributed by atoms with E-state index < -0.39 is 0 Å². The number of rotatable bonds is 4. The Morgan fingerprint density at radius 2 is 1.92 bits per heavy atom. The van der Waals surface area contributed by atoms with Gasteiger partial charge in [-0.15, -0.1) is 9.94 Å². The normalized spacial score (nSPS) is 13.7. The van der Waals surface area contributed by atoms with Crippen molar-refractivity contribution in [3.05, 3.63) is 72.1 Å². The molecule has 132 valence electrons. The van der Waals surface area contributed by atoms with Gasteiger partial charge >= 0.3 is 0 Å². The van der Waals surface area contributed by atoms with Crippen LogP contribution in [0.15, 0.2) is 60.9 Å². The van der Waals surface area contributed by atoms with Crippen molar-refractivity contribution < 1.29 is 14.7 Å². The highest BCUT2D eigenvalue weighted by Gasteiger charge is 2.30. The average Bonchev–Trinajstić information content (AvgIpc) is 3.11. The van der Waals surface area contributed by atoms with E-state index in [-0.39, 0.29) is 5.91 Å². The first kappa shape index (κ1) is 16.0. The van der Waals surface area contributed by atoms with E-state index in [0.29, 0.717) is 24.5 Å². The smallest absolute Gasteiger partial charge is 0.257 e. The van der Waals surface area contributed by atoms with Crippen molar-refractivity contribution in [1.29, 1.82) is 0 Å². The Labute approximate surface area is 150 Å². The SMILES string of the molecule is COc1ccc(CN2CN(c3cnn(O)c3)c3ccccc3C2=O)cc1. The molecule has 1 aliphatic heterocycles. The summed E-state index contributed by atoms with van der Waals surface area (Å²) >= 11 is 0. The quantitative estimate of drug-likeness (QED) is 0.733. The van der Waals surface area contributed by atoms with Gasteiger partial charge in [-0.2, -0.15) is 0 Å². The molecule has 7 nitrogen and oxygen atoms in total. The fourth-order valence-electron chi connectivity index (χ4n) is 3.11. The minimum absolute atomic E-state index is 0.0240. The zero-order valence-electron chi connectivity index (χ0n) is 14.2. The summed E-state index contributed by atoms with van der Waals surface area (Å²) in [7, 11) is 1.62. The Kier molecular flexibility index (Phi) is 3.96. The molecular weight excluding hydrogens is 332 g/mol. The minimum Gasteiger partial charge on any atom is -0.497 e. The number of benzene rings is 2. The molecule has 0 aliphatic carbocycles. The number of hydrogen-bond acceptors (Lipinski definition) is 5. The summed E-state index contributed by atoms with van der Waals surface area (Å²) in [6, 6.07) is 15.1. The summed E-state index contributed by atoms with van der Waals surface area (Å²) in [5.41, 5.74) is 3.15. The lowest BCUT2D eigenvalue weighted by Gasteiger charge is -2.37. The average molecular weight is 350 g/mol. The molecule has 3 aromatic rings. The predicted molar refractivity (Wildman–Crippen MR) is 95.7 cm³/mol. The third-order valence-corrected chi connectivity index (χ3v) is 4.42. The van der Waals surface area contributed by atoms with Gasteiger partial charge in [-0.25, -0.2) is 0 Å². The summed E-state index contributed by atoms with van der Waals surface area (Å²) in [5, 5.41) is 13.3. The van der Waals surface area contributed by atoms with Gasteiger partial charge in [0.15, 0.2) is 0 Å². The third kappa shape index (κ3) is 2.83. The molecule has 1 aliphatic rings. The molecule has 2 heterocycles. The minimum atomic E-state index is -0.0240. The number of para-hydroxylation sites is 1. The van der Waals surface area contributed by atoms with E-state index in [1.807, 2.05) is 53.4 Å². The van der Waals surface area contributed by atoms with Gasteiger partial charge in [0.2, 0.25) is 0 Å². The van der Waals surface area contributed by atoms with Crippen molar-refractivity contribution in [3.63, 3.8) is 0 Å². The molecule has 0 atom stereocenters. The van der Waals surface area contributed by atoms with Crippen LogP contribution >= 0.6 is 0 Å². The number of carbonyl (C=O) groups is 1. The van der Waals surface area contributed by atoms with Crippen LogP contribution in [0.4, 0.5) is 11.4 Å². The Morgan fingerprint density at radius 3 is 2.62 bits per heavy atom. The second-order valence-corrected chi connectivity index (χ2v) is 6.06. The van der Waals surface area contributed by atoms with Gasteiger partial charge in [0.1, 0.15) is 5.75 Å². The van der Waals surface area contributed by atoms with Crippen molar-refractivity contribution in [1.82, 2.24) is 14.8 Å². The van der Waals surface area contributed by atoms with Crippen molar-refractivity contribution in [2.75, 3.05) is 18.7 Å². The molecular formula is C19H18N4O3. The molecule has 0 saturated heterocycles. The van der Waals surface area contributed by atoms with E-state index in [0.717, 1.165) is 21.8 Å². The summed E-state index contributed by atoms with van der Waals surface area (Å²) < 4.78 is 5.18. The summed E-state index contributed by atoms with van der Waals surface area (Å²) in [6.07, 6.45) is 3.08. The summed E-state index contributed by atoms with van der Waals surface area (Å²) in [4.78, 5) is 17.4. The number of methoxy groups -OCH3 is 1. The van der Waals surface area contributed by atoms with Crippen molar-refractivity contribution in [2.45, 2.75) is 6.54 Å². The maximum absolute atomic E-state index is 12.9. The highest BCUT2D eigenvalue weighted by Crippen LogP contribution is 2.33. The first-order chi connectivity index (χ1) is 12.7. The lowest BCUT2D eigenvalue weighted by molar-refractivity contribution is 0.0735. The summed E-state index contributed by atoms with van der Waals surface area (Å²) in [5.74, 6) is 0.755. The number of ether oxygens (including phenoxy) is 1. The van der Waals surface area contributed by atoms with Gasteiger partial charge < -0.3 is 19.7 Å². The second-order valence-electron chi connectivity index (χ2n) is 6.06. The number of anilines is 2. The highest BCUT2D eigenvalue weighted by atomic mass is 16.5. The maximum atomic E-state index is 12.9. The lowest BCUT2D eigenvalue weighted by Crippen LogP contribution is -2.44. The monoisotopic (exact) mass is 350 g/mol. The van der Waals surface area contributed by atoms with Gasteiger partial charge in [-0.1, -0.05) is 24.3 Å².